The van der Waals surface area contributed by atoms with Crippen LogP contribution in [0.3, 0.4) is 0 Å². The van der Waals surface area contributed by atoms with E-state index in [0.29, 0.717) is 34.7 Å². The van der Waals surface area contributed by atoms with Gasteiger partial charge in [0.05, 0.1) is 18.8 Å². The van der Waals surface area contributed by atoms with E-state index in [1.54, 1.807) is 49.4 Å². The molecule has 1 saturated heterocycles. The molecule has 1 aliphatic heterocycles. The number of carbonyl (C=O) groups excluding carboxylic acids is 2. The van der Waals surface area contributed by atoms with Crippen LogP contribution in [0.2, 0.25) is 0 Å². The van der Waals surface area contributed by atoms with Gasteiger partial charge in [0.25, 0.3) is 5.91 Å². The summed E-state index contributed by atoms with van der Waals surface area (Å²) in [6.45, 7) is 3.08. The van der Waals surface area contributed by atoms with Crippen LogP contribution in [0.5, 0.6) is 5.75 Å². The molecule has 0 aromatic heterocycles. The van der Waals surface area contributed by atoms with Crippen LogP contribution < -0.4 is 10.1 Å². The molecular formula is C21H23NO5. The van der Waals surface area contributed by atoms with Crippen molar-refractivity contribution in [3.05, 3.63) is 59.2 Å². The molecule has 6 heteroatoms. The second-order valence-corrected chi connectivity index (χ2v) is 6.39. The van der Waals surface area contributed by atoms with Crippen LogP contribution in [0, 0.1) is 6.92 Å². The number of hydrogen-bond donors (Lipinski definition) is 1. The maximum atomic E-state index is 12.5. The third-order valence-corrected chi connectivity index (χ3v) is 4.56. The first-order valence-corrected chi connectivity index (χ1v) is 8.92. The van der Waals surface area contributed by atoms with Crippen molar-refractivity contribution in [3.8, 4) is 5.75 Å². The van der Waals surface area contributed by atoms with Gasteiger partial charge in [0, 0.05) is 17.9 Å². The van der Waals surface area contributed by atoms with Gasteiger partial charge in [-0.3, -0.25) is 4.79 Å². The van der Waals surface area contributed by atoms with E-state index >= 15 is 0 Å². The molecule has 0 unspecified atom stereocenters. The Morgan fingerprint density at radius 2 is 1.96 bits per heavy atom. The summed E-state index contributed by atoms with van der Waals surface area (Å²) in [4.78, 5) is 24.3. The van der Waals surface area contributed by atoms with Crippen LogP contribution in [0.25, 0.3) is 0 Å². The fourth-order valence-corrected chi connectivity index (χ4v) is 2.96. The molecule has 3 rings (SSSR count). The molecule has 0 bridgehead atoms. The van der Waals surface area contributed by atoms with Crippen LogP contribution in [-0.2, 0) is 9.47 Å². The zero-order valence-corrected chi connectivity index (χ0v) is 15.5. The molecule has 6 nitrogen and oxygen atoms in total. The maximum absolute atomic E-state index is 12.5. The predicted molar refractivity (Wildman–Crippen MR) is 101 cm³/mol. The Hall–Kier alpha value is -2.86. The predicted octanol–water partition coefficient (Wildman–Crippen LogP) is 3.59. The lowest BCUT2D eigenvalue weighted by atomic mass is 10.1. The van der Waals surface area contributed by atoms with Crippen LogP contribution in [-0.4, -0.2) is 38.3 Å². The zero-order valence-electron chi connectivity index (χ0n) is 15.5. The van der Waals surface area contributed by atoms with Crippen molar-refractivity contribution in [2.24, 2.45) is 0 Å². The van der Waals surface area contributed by atoms with Gasteiger partial charge in [-0.2, -0.15) is 0 Å². The van der Waals surface area contributed by atoms with Crippen LogP contribution in [0.4, 0.5) is 5.69 Å². The third kappa shape index (κ3) is 4.65. The highest BCUT2D eigenvalue weighted by molar-refractivity contribution is 6.05. The monoisotopic (exact) mass is 369 g/mol. The number of rotatable bonds is 6. The molecule has 1 heterocycles. The van der Waals surface area contributed by atoms with Gasteiger partial charge in [0.15, 0.2) is 0 Å². The third-order valence-electron chi connectivity index (χ3n) is 4.56. The van der Waals surface area contributed by atoms with Gasteiger partial charge >= 0.3 is 5.97 Å². The smallest absolute Gasteiger partial charge is 0.338 e. The van der Waals surface area contributed by atoms with Crippen molar-refractivity contribution in [1.82, 2.24) is 0 Å². The highest BCUT2D eigenvalue weighted by Gasteiger charge is 2.17. The fourth-order valence-electron chi connectivity index (χ4n) is 2.96. The minimum atomic E-state index is -0.434. The summed E-state index contributed by atoms with van der Waals surface area (Å²) in [6.07, 6.45) is 2.24. The van der Waals surface area contributed by atoms with E-state index in [0.717, 1.165) is 19.4 Å². The maximum Gasteiger partial charge on any atom is 0.338 e. The van der Waals surface area contributed by atoms with Crippen molar-refractivity contribution < 1.29 is 23.8 Å². The Labute approximate surface area is 158 Å². The molecule has 1 atom stereocenters. The van der Waals surface area contributed by atoms with E-state index in [-0.39, 0.29) is 12.0 Å². The van der Waals surface area contributed by atoms with E-state index in [1.807, 2.05) is 0 Å². The van der Waals surface area contributed by atoms with E-state index < -0.39 is 5.97 Å². The van der Waals surface area contributed by atoms with Gasteiger partial charge in [-0.15, -0.1) is 0 Å². The van der Waals surface area contributed by atoms with Crippen molar-refractivity contribution in [2.75, 3.05) is 25.6 Å². The molecule has 1 fully saturated rings. The average Bonchev–Trinajstić information content (AvgIpc) is 3.21. The van der Waals surface area contributed by atoms with Crippen LogP contribution in [0.1, 0.15) is 39.1 Å². The van der Waals surface area contributed by atoms with Crippen molar-refractivity contribution in [1.29, 1.82) is 0 Å². The Morgan fingerprint density at radius 1 is 1.19 bits per heavy atom. The summed E-state index contributed by atoms with van der Waals surface area (Å²) in [5.41, 5.74) is 2.16. The van der Waals surface area contributed by atoms with Gasteiger partial charge in [0.2, 0.25) is 0 Å². The first-order valence-electron chi connectivity index (χ1n) is 8.92. The number of ether oxygens (including phenoxy) is 3. The molecule has 1 amide bonds. The van der Waals surface area contributed by atoms with E-state index in [1.165, 1.54) is 7.11 Å². The normalized spacial score (nSPS) is 16.0. The molecule has 2 aromatic carbocycles. The van der Waals surface area contributed by atoms with E-state index in [9.17, 15) is 9.59 Å². The lowest BCUT2D eigenvalue weighted by Crippen LogP contribution is -2.16. The van der Waals surface area contributed by atoms with Gasteiger partial charge in [-0.25, -0.2) is 4.79 Å². The minimum Gasteiger partial charge on any atom is -0.491 e. The highest BCUT2D eigenvalue weighted by Crippen LogP contribution is 2.21. The Balaban J connectivity index is 1.63. The number of amides is 1. The molecule has 2 aromatic rings. The molecule has 0 aliphatic carbocycles. The summed E-state index contributed by atoms with van der Waals surface area (Å²) in [5.74, 6) is 0.00746. The topological polar surface area (TPSA) is 73.9 Å². The van der Waals surface area contributed by atoms with Crippen LogP contribution in [0.15, 0.2) is 42.5 Å². The largest absolute Gasteiger partial charge is 0.491 e. The van der Waals surface area contributed by atoms with Crippen molar-refractivity contribution >= 4 is 17.6 Å². The Kier molecular flexibility index (Phi) is 6.08. The van der Waals surface area contributed by atoms with Gasteiger partial charge in [-0.1, -0.05) is 6.07 Å². The summed E-state index contributed by atoms with van der Waals surface area (Å²) in [6, 6.07) is 12.1. The standard InChI is InChI=1S/C21H23NO5/c1-14-18(21(24)25-2)6-3-7-19(14)22-20(23)15-8-10-16(11-9-15)27-13-17-5-4-12-26-17/h3,6-11,17H,4-5,12-13H2,1-2H3,(H,22,23)/t17-/m0/s1. The number of methoxy groups -OCH3 is 1. The van der Waals surface area contributed by atoms with Gasteiger partial charge in [-0.05, 0) is 61.7 Å². The highest BCUT2D eigenvalue weighted by atomic mass is 16.5. The lowest BCUT2D eigenvalue weighted by Gasteiger charge is -2.13. The second kappa shape index (κ2) is 8.68. The van der Waals surface area contributed by atoms with E-state index in [4.69, 9.17) is 14.2 Å². The number of benzene rings is 2. The summed E-state index contributed by atoms with van der Waals surface area (Å²) in [7, 11) is 1.33. The quantitative estimate of drug-likeness (QED) is 0.788. The SMILES string of the molecule is COC(=O)c1cccc(NC(=O)c2ccc(OC[C@@H]3CCCO3)cc2)c1C. The Bertz CT molecular complexity index is 810. The summed E-state index contributed by atoms with van der Waals surface area (Å²) < 4.78 is 16.0. The molecule has 0 saturated carbocycles. The lowest BCUT2D eigenvalue weighted by molar-refractivity contribution is 0.0599. The summed E-state index contributed by atoms with van der Waals surface area (Å²) >= 11 is 0. The molecule has 1 aliphatic rings. The number of carbonyl (C=O) groups is 2. The zero-order chi connectivity index (χ0) is 19.2. The van der Waals surface area contributed by atoms with Gasteiger partial charge in [0.1, 0.15) is 12.4 Å². The van der Waals surface area contributed by atoms with Crippen molar-refractivity contribution in [2.45, 2.75) is 25.9 Å². The average molecular weight is 369 g/mol. The molecule has 27 heavy (non-hydrogen) atoms. The number of esters is 1. The number of hydrogen-bond acceptors (Lipinski definition) is 5. The van der Waals surface area contributed by atoms with Crippen LogP contribution >= 0.6 is 0 Å². The number of anilines is 1. The molecule has 0 spiro atoms. The summed E-state index contributed by atoms with van der Waals surface area (Å²) in [5, 5.41) is 2.83. The van der Waals surface area contributed by atoms with Gasteiger partial charge < -0.3 is 19.5 Å². The van der Waals surface area contributed by atoms with Crippen molar-refractivity contribution in [3.63, 3.8) is 0 Å². The molecular weight excluding hydrogens is 346 g/mol. The molecule has 142 valence electrons. The fraction of sp³-hybridized carbons (Fsp3) is 0.333. The number of nitrogens with one attached hydrogen (secondary N) is 1. The first kappa shape index (κ1) is 18.9. The molecule has 1 N–H and O–H groups in total. The van der Waals surface area contributed by atoms with E-state index in [2.05, 4.69) is 5.32 Å². The molecule has 0 radical (unpaired) electrons. The Morgan fingerprint density at radius 3 is 2.63 bits per heavy atom. The first-order chi connectivity index (χ1) is 13.1. The minimum absolute atomic E-state index is 0.151. The second-order valence-electron chi connectivity index (χ2n) is 6.39.